The van der Waals surface area contributed by atoms with Crippen molar-refractivity contribution >= 4 is 27.5 Å². The zero-order valence-corrected chi connectivity index (χ0v) is 25.1. The second kappa shape index (κ2) is 13.3. The number of halogens is 1. The third-order valence-electron chi connectivity index (χ3n) is 6.71. The number of benzene rings is 1. The zero-order valence-electron chi connectivity index (χ0n) is 24.3. The van der Waals surface area contributed by atoms with Crippen LogP contribution in [0.1, 0.15) is 56.9 Å². The van der Waals surface area contributed by atoms with Crippen LogP contribution in [0.2, 0.25) is 0 Å². The third kappa shape index (κ3) is 6.21. The summed E-state index contributed by atoms with van der Waals surface area (Å²) >= 11 is 1.15. The number of rotatable bonds is 13. The molecule has 0 bridgehead atoms. The van der Waals surface area contributed by atoms with E-state index >= 15 is 0 Å². The summed E-state index contributed by atoms with van der Waals surface area (Å²) in [5.41, 5.74) is 0.230. The number of ether oxygens (including phenoxy) is 3. The van der Waals surface area contributed by atoms with Gasteiger partial charge in [-0.15, -0.1) is 4.80 Å². The highest BCUT2D eigenvalue weighted by molar-refractivity contribution is 7.21. The molecule has 1 aromatic carbocycles. The van der Waals surface area contributed by atoms with Gasteiger partial charge in [0, 0.05) is 11.1 Å². The van der Waals surface area contributed by atoms with Crippen LogP contribution in [0.25, 0.3) is 15.2 Å². The summed E-state index contributed by atoms with van der Waals surface area (Å²) in [4.78, 5) is 42.6. The van der Waals surface area contributed by atoms with Crippen LogP contribution in [0.3, 0.4) is 0 Å². The van der Waals surface area contributed by atoms with Gasteiger partial charge in [0.15, 0.2) is 0 Å². The molecule has 4 aromatic rings. The molecule has 224 valence electrons. The Morgan fingerprint density at radius 3 is 2.57 bits per heavy atom. The van der Waals surface area contributed by atoms with Gasteiger partial charge in [0.1, 0.15) is 33.5 Å². The van der Waals surface area contributed by atoms with E-state index < -0.39 is 35.2 Å². The molecule has 42 heavy (non-hydrogen) atoms. The van der Waals surface area contributed by atoms with Gasteiger partial charge in [-0.2, -0.15) is 10.2 Å². The second-order valence-corrected chi connectivity index (χ2v) is 10.9. The van der Waals surface area contributed by atoms with Gasteiger partial charge >= 0.3 is 11.7 Å². The largest absolute Gasteiger partial charge is 0.496 e. The van der Waals surface area contributed by atoms with E-state index in [1.165, 1.54) is 54.0 Å². The van der Waals surface area contributed by atoms with Crippen molar-refractivity contribution in [1.82, 2.24) is 24.1 Å². The number of hydrogen-bond donors (Lipinski definition) is 0. The van der Waals surface area contributed by atoms with Crippen LogP contribution in [0, 0.1) is 12.7 Å². The highest BCUT2D eigenvalue weighted by atomic mass is 32.1. The SMILES string of the molecule is C=C(C)CO[C@@H](Cn1c(=O)n(C(C)C(=O)OCCCC)c(=O)c2c(C)c(-n3nccn3)sc21)c1cc(F)ccc1OC. The fraction of sp³-hybridized carbons (Fsp3) is 0.414. The highest BCUT2D eigenvalue weighted by Crippen LogP contribution is 2.34. The number of thiophene rings is 1. The molecule has 2 atom stereocenters. The number of carbonyl (C=O) groups is 1. The molecule has 0 spiro atoms. The Bertz CT molecular complexity index is 1710. The molecule has 0 fully saturated rings. The molecular formula is C29H34FN5O6S. The maximum absolute atomic E-state index is 14.5. The van der Waals surface area contributed by atoms with Crippen LogP contribution >= 0.6 is 11.3 Å². The Kier molecular flexibility index (Phi) is 9.74. The molecule has 0 radical (unpaired) electrons. The van der Waals surface area contributed by atoms with E-state index in [9.17, 15) is 18.8 Å². The Balaban J connectivity index is 1.96. The summed E-state index contributed by atoms with van der Waals surface area (Å²) in [6, 6.07) is 2.82. The Morgan fingerprint density at radius 1 is 1.21 bits per heavy atom. The molecule has 11 nitrogen and oxygen atoms in total. The molecule has 13 heteroatoms. The van der Waals surface area contributed by atoms with Crippen molar-refractivity contribution < 1.29 is 23.4 Å². The molecule has 0 aliphatic heterocycles. The van der Waals surface area contributed by atoms with Crippen molar-refractivity contribution in [3.05, 3.63) is 80.5 Å². The Morgan fingerprint density at radius 2 is 1.93 bits per heavy atom. The summed E-state index contributed by atoms with van der Waals surface area (Å²) in [6.07, 6.45) is 3.58. The van der Waals surface area contributed by atoms with Crippen LogP contribution in [-0.4, -0.2) is 50.4 Å². The van der Waals surface area contributed by atoms with Crippen molar-refractivity contribution in [2.45, 2.75) is 59.2 Å². The number of carbonyl (C=O) groups excluding carboxylic acids is 1. The van der Waals surface area contributed by atoms with Crippen LogP contribution in [0.15, 0.2) is 52.3 Å². The van der Waals surface area contributed by atoms with Crippen molar-refractivity contribution in [3.8, 4) is 10.8 Å². The van der Waals surface area contributed by atoms with E-state index in [1.807, 2.05) is 6.92 Å². The normalized spacial score (nSPS) is 12.8. The summed E-state index contributed by atoms with van der Waals surface area (Å²) in [7, 11) is 1.45. The fourth-order valence-corrected chi connectivity index (χ4v) is 5.74. The predicted molar refractivity (Wildman–Crippen MR) is 157 cm³/mol. The van der Waals surface area contributed by atoms with Gasteiger partial charge in [-0.1, -0.05) is 36.8 Å². The quantitative estimate of drug-likeness (QED) is 0.125. The van der Waals surface area contributed by atoms with E-state index in [-0.39, 0.29) is 25.1 Å². The van der Waals surface area contributed by atoms with E-state index in [4.69, 9.17) is 14.2 Å². The van der Waals surface area contributed by atoms with Gasteiger partial charge in [0.25, 0.3) is 5.56 Å². The number of esters is 1. The van der Waals surface area contributed by atoms with Gasteiger partial charge in [0.05, 0.1) is 44.6 Å². The van der Waals surface area contributed by atoms with Gasteiger partial charge in [-0.25, -0.2) is 18.5 Å². The predicted octanol–water partition coefficient (Wildman–Crippen LogP) is 4.50. The summed E-state index contributed by atoms with van der Waals surface area (Å²) in [5.74, 6) is -0.852. The maximum atomic E-state index is 14.5. The van der Waals surface area contributed by atoms with Crippen LogP contribution in [0.4, 0.5) is 4.39 Å². The molecule has 3 heterocycles. The molecule has 0 aliphatic rings. The molecule has 0 saturated heterocycles. The van der Waals surface area contributed by atoms with Crippen molar-refractivity contribution in [1.29, 1.82) is 0 Å². The first-order valence-electron chi connectivity index (χ1n) is 13.5. The summed E-state index contributed by atoms with van der Waals surface area (Å²) < 4.78 is 33.7. The first kappa shape index (κ1) is 30.8. The lowest BCUT2D eigenvalue weighted by Crippen LogP contribution is -2.44. The third-order valence-corrected chi connectivity index (χ3v) is 7.99. The van der Waals surface area contributed by atoms with Gasteiger partial charge in [-0.05, 0) is 45.4 Å². The standard InChI is InChI=1S/C29H34FN5O6S/c1-7-8-13-40-28(37)19(5)34-25(36)24-18(4)26(35-31-11-12-32-35)42-27(24)33(29(34)38)15-23(41-16-17(2)3)21-14-20(30)9-10-22(21)39-6/h9-12,14,19,23H,2,7-8,13,15-16H2,1,3-6H3/t19?,23-/m0/s1. The lowest BCUT2D eigenvalue weighted by Gasteiger charge is -2.23. The number of hydrogen-bond acceptors (Lipinski definition) is 9. The van der Waals surface area contributed by atoms with Crippen LogP contribution in [0.5, 0.6) is 5.75 Å². The molecule has 1 unspecified atom stereocenters. The molecule has 0 saturated carbocycles. The minimum Gasteiger partial charge on any atom is -0.496 e. The Hall–Kier alpha value is -4.10. The molecule has 0 amide bonds. The monoisotopic (exact) mass is 599 g/mol. The average molecular weight is 600 g/mol. The number of aryl methyl sites for hydroxylation is 1. The summed E-state index contributed by atoms with van der Waals surface area (Å²) in [5, 5.41) is 9.14. The minimum absolute atomic E-state index is 0.119. The number of fused-ring (bicyclic) bond motifs is 1. The maximum Gasteiger partial charge on any atom is 0.333 e. The van der Waals surface area contributed by atoms with Crippen LogP contribution in [-0.2, 0) is 20.8 Å². The minimum atomic E-state index is -1.21. The van der Waals surface area contributed by atoms with Gasteiger partial charge in [-0.3, -0.25) is 9.36 Å². The van der Waals surface area contributed by atoms with E-state index in [0.717, 1.165) is 22.3 Å². The lowest BCUT2D eigenvalue weighted by molar-refractivity contribution is -0.147. The first-order chi connectivity index (χ1) is 20.1. The number of methoxy groups -OCH3 is 1. The number of aromatic nitrogens is 5. The molecule has 4 rings (SSSR count). The highest BCUT2D eigenvalue weighted by Gasteiger charge is 2.29. The Labute approximate surface area is 245 Å². The lowest BCUT2D eigenvalue weighted by atomic mass is 10.1. The average Bonchev–Trinajstić information content (AvgIpc) is 3.60. The molecule has 0 N–H and O–H groups in total. The van der Waals surface area contributed by atoms with Crippen LogP contribution < -0.4 is 16.0 Å². The topological polar surface area (TPSA) is 119 Å². The zero-order chi connectivity index (χ0) is 30.6. The van der Waals surface area contributed by atoms with Gasteiger partial charge < -0.3 is 14.2 Å². The smallest absolute Gasteiger partial charge is 0.333 e. The first-order valence-corrected chi connectivity index (χ1v) is 14.3. The summed E-state index contributed by atoms with van der Waals surface area (Å²) in [6.45, 7) is 11.0. The van der Waals surface area contributed by atoms with E-state index in [1.54, 1.807) is 13.8 Å². The molecular weight excluding hydrogens is 565 g/mol. The second-order valence-electron chi connectivity index (χ2n) is 9.94. The molecule has 3 aromatic heterocycles. The van der Waals surface area contributed by atoms with Crippen molar-refractivity contribution in [3.63, 3.8) is 0 Å². The number of nitrogens with zero attached hydrogens (tertiary/aromatic N) is 5. The van der Waals surface area contributed by atoms with Crippen molar-refractivity contribution in [2.75, 3.05) is 20.3 Å². The molecule has 0 aliphatic carbocycles. The van der Waals surface area contributed by atoms with Gasteiger partial charge in [0.2, 0.25) is 0 Å². The number of unbranched alkanes of at least 4 members (excludes halogenated alkanes) is 1. The van der Waals surface area contributed by atoms with Crippen molar-refractivity contribution in [2.24, 2.45) is 0 Å². The van der Waals surface area contributed by atoms with E-state index in [2.05, 4.69) is 16.8 Å². The van der Waals surface area contributed by atoms with E-state index in [0.29, 0.717) is 38.7 Å². The fourth-order valence-electron chi connectivity index (χ4n) is 4.52.